The molecule has 0 bridgehead atoms. The van der Waals surface area contributed by atoms with Crippen LogP contribution in [-0.2, 0) is 17.1 Å². The number of aliphatic imine (C=N–C) groups is 1. The van der Waals surface area contributed by atoms with Crippen LogP contribution in [0.5, 0.6) is 11.5 Å². The van der Waals surface area contributed by atoms with Gasteiger partial charge in [0.25, 0.3) is 0 Å². The van der Waals surface area contributed by atoms with Crippen molar-refractivity contribution in [3.8, 4) is 22.6 Å². The van der Waals surface area contributed by atoms with Gasteiger partial charge >= 0.3 is 17.1 Å². The van der Waals surface area contributed by atoms with E-state index in [9.17, 15) is 10.2 Å². The average molecular weight is 351 g/mol. The molecule has 3 rings (SSSR count). The van der Waals surface area contributed by atoms with Crippen molar-refractivity contribution in [1.82, 2.24) is 0 Å². The normalized spacial score (nSPS) is 10.4. The molecule has 1 radical (unpaired) electrons. The number of hydrogen-bond donors (Lipinski definition) is 0. The van der Waals surface area contributed by atoms with Crippen molar-refractivity contribution in [2.75, 3.05) is 0 Å². The van der Waals surface area contributed by atoms with Crippen LogP contribution < -0.4 is 10.2 Å². The molecule has 0 saturated carbocycles. The molecular formula is C19H13CuNO2. The zero-order valence-corrected chi connectivity index (χ0v) is 13.0. The maximum absolute atomic E-state index is 11.9. The van der Waals surface area contributed by atoms with E-state index in [1.807, 2.05) is 30.3 Å². The van der Waals surface area contributed by atoms with Crippen molar-refractivity contribution in [2.45, 2.75) is 0 Å². The second kappa shape index (κ2) is 7.63. The van der Waals surface area contributed by atoms with Crippen LogP contribution in [-0.4, -0.2) is 6.21 Å². The molecule has 117 valence electrons. The van der Waals surface area contributed by atoms with E-state index in [-0.39, 0.29) is 28.6 Å². The summed E-state index contributed by atoms with van der Waals surface area (Å²) in [4.78, 5) is 4.19. The van der Waals surface area contributed by atoms with Gasteiger partial charge in [-0.05, 0) is 22.8 Å². The molecular weight excluding hydrogens is 338 g/mol. The zero-order valence-electron chi connectivity index (χ0n) is 12.1. The van der Waals surface area contributed by atoms with Gasteiger partial charge in [-0.1, -0.05) is 72.5 Å². The summed E-state index contributed by atoms with van der Waals surface area (Å²) in [5, 5.41) is 23.6. The Morgan fingerprint density at radius 3 is 2.13 bits per heavy atom. The number of para-hydroxylation sites is 1. The number of hydrogen-bond acceptors (Lipinski definition) is 3. The third-order valence-corrected chi connectivity index (χ3v) is 3.33. The summed E-state index contributed by atoms with van der Waals surface area (Å²) < 4.78 is 0. The summed E-state index contributed by atoms with van der Waals surface area (Å²) >= 11 is 0. The summed E-state index contributed by atoms with van der Waals surface area (Å²) in [6.07, 6.45) is 1.44. The molecule has 0 saturated heterocycles. The maximum atomic E-state index is 11.9. The van der Waals surface area contributed by atoms with E-state index in [1.165, 1.54) is 18.3 Å². The number of rotatable bonds is 3. The minimum Gasteiger partial charge on any atom is -0.872 e. The van der Waals surface area contributed by atoms with Gasteiger partial charge in [-0.25, -0.2) is 0 Å². The average Bonchev–Trinajstić information content (AvgIpc) is 2.56. The second-order valence-electron chi connectivity index (χ2n) is 4.84. The summed E-state index contributed by atoms with van der Waals surface area (Å²) in [5.74, 6) is -0.280. The molecule has 0 fully saturated rings. The van der Waals surface area contributed by atoms with Crippen molar-refractivity contribution in [1.29, 1.82) is 0 Å². The van der Waals surface area contributed by atoms with Gasteiger partial charge in [0.2, 0.25) is 0 Å². The Labute approximate surface area is 145 Å². The summed E-state index contributed by atoms with van der Waals surface area (Å²) in [7, 11) is 0. The molecule has 0 aliphatic heterocycles. The molecule has 0 heterocycles. The first-order valence-corrected chi connectivity index (χ1v) is 6.90. The van der Waals surface area contributed by atoms with Crippen molar-refractivity contribution >= 4 is 11.9 Å². The quantitative estimate of drug-likeness (QED) is 0.537. The van der Waals surface area contributed by atoms with Gasteiger partial charge in [0, 0.05) is 6.21 Å². The Morgan fingerprint density at radius 2 is 1.39 bits per heavy atom. The molecule has 0 aliphatic carbocycles. The van der Waals surface area contributed by atoms with Crippen LogP contribution in [0.25, 0.3) is 11.1 Å². The summed E-state index contributed by atoms with van der Waals surface area (Å²) in [6, 6.07) is 21.4. The van der Waals surface area contributed by atoms with Crippen molar-refractivity contribution < 1.29 is 27.3 Å². The van der Waals surface area contributed by atoms with Crippen LogP contribution in [0.1, 0.15) is 5.56 Å². The summed E-state index contributed by atoms with van der Waals surface area (Å²) in [6.45, 7) is 0. The Kier molecular flexibility index (Phi) is 5.58. The van der Waals surface area contributed by atoms with E-state index in [2.05, 4.69) is 4.99 Å². The van der Waals surface area contributed by atoms with Crippen LogP contribution >= 0.6 is 0 Å². The molecule has 0 unspecified atom stereocenters. The Balaban J connectivity index is 0.00000192. The topological polar surface area (TPSA) is 58.5 Å². The van der Waals surface area contributed by atoms with Crippen LogP contribution in [0.3, 0.4) is 0 Å². The molecule has 0 spiro atoms. The second-order valence-corrected chi connectivity index (χ2v) is 4.84. The third-order valence-electron chi connectivity index (χ3n) is 3.33. The molecule has 0 aromatic heterocycles. The Bertz CT molecular complexity index is 817. The van der Waals surface area contributed by atoms with Gasteiger partial charge < -0.3 is 10.2 Å². The zero-order chi connectivity index (χ0) is 15.4. The van der Waals surface area contributed by atoms with Gasteiger partial charge in [-0.3, -0.25) is 4.99 Å². The molecule has 4 heteroatoms. The van der Waals surface area contributed by atoms with Gasteiger partial charge in [-0.2, -0.15) is 0 Å². The largest absolute Gasteiger partial charge is 2.00 e. The van der Waals surface area contributed by atoms with Gasteiger partial charge in [0.05, 0.1) is 5.69 Å². The fraction of sp³-hybridized carbons (Fsp3) is 0. The molecule has 0 amide bonds. The fourth-order valence-corrected chi connectivity index (χ4v) is 2.15. The van der Waals surface area contributed by atoms with Crippen LogP contribution in [0.15, 0.2) is 77.8 Å². The molecule has 0 N–H and O–H groups in total. The molecule has 3 aromatic rings. The molecule has 23 heavy (non-hydrogen) atoms. The monoisotopic (exact) mass is 350 g/mol. The Hall–Kier alpha value is -2.55. The van der Waals surface area contributed by atoms with Crippen molar-refractivity contribution in [3.63, 3.8) is 0 Å². The maximum Gasteiger partial charge on any atom is 2.00 e. The van der Waals surface area contributed by atoms with Crippen molar-refractivity contribution in [3.05, 3.63) is 78.4 Å². The smallest absolute Gasteiger partial charge is 0.872 e. The SMILES string of the molecule is [Cu+2].[O-]c1ccccc1C=Nc1cc(-c2ccccc2)ccc1[O-]. The van der Waals surface area contributed by atoms with E-state index in [4.69, 9.17) is 0 Å². The first kappa shape index (κ1) is 16.8. The fourth-order valence-electron chi connectivity index (χ4n) is 2.15. The molecule has 3 aromatic carbocycles. The predicted molar refractivity (Wildman–Crippen MR) is 84.5 cm³/mol. The van der Waals surface area contributed by atoms with Crippen LogP contribution in [0.4, 0.5) is 5.69 Å². The van der Waals surface area contributed by atoms with E-state index in [0.29, 0.717) is 11.3 Å². The van der Waals surface area contributed by atoms with Gasteiger partial charge in [0.1, 0.15) is 0 Å². The third kappa shape index (κ3) is 4.01. The molecule has 3 nitrogen and oxygen atoms in total. The first-order chi connectivity index (χ1) is 10.7. The summed E-state index contributed by atoms with van der Waals surface area (Å²) in [5.41, 5.74) is 2.72. The number of benzene rings is 3. The molecule has 0 aliphatic rings. The standard InChI is InChI=1S/C19H15NO2.Cu/c21-18-9-5-4-8-16(18)13-20-17-12-15(10-11-19(17)22)14-6-2-1-3-7-14;/h1-13,21-22H;/q;+2/p-2. The first-order valence-electron chi connectivity index (χ1n) is 6.90. The van der Waals surface area contributed by atoms with Crippen molar-refractivity contribution in [2.24, 2.45) is 4.99 Å². The van der Waals surface area contributed by atoms with E-state index in [1.54, 1.807) is 30.3 Å². The van der Waals surface area contributed by atoms with E-state index >= 15 is 0 Å². The number of nitrogens with zero attached hydrogens (tertiary/aromatic N) is 1. The van der Waals surface area contributed by atoms with Crippen LogP contribution in [0.2, 0.25) is 0 Å². The van der Waals surface area contributed by atoms with Crippen LogP contribution in [0, 0.1) is 0 Å². The van der Waals surface area contributed by atoms with Gasteiger partial charge in [0.15, 0.2) is 0 Å². The molecule has 0 atom stereocenters. The minimum atomic E-state index is -0.167. The Morgan fingerprint density at radius 1 is 0.696 bits per heavy atom. The van der Waals surface area contributed by atoms with E-state index < -0.39 is 0 Å². The predicted octanol–water partition coefficient (Wildman–Crippen LogP) is 3.25. The minimum absolute atomic E-state index is 0. The van der Waals surface area contributed by atoms with E-state index in [0.717, 1.165) is 11.1 Å². The van der Waals surface area contributed by atoms with Gasteiger partial charge in [-0.15, -0.1) is 5.75 Å².